The van der Waals surface area contributed by atoms with Crippen molar-refractivity contribution in [3.63, 3.8) is 0 Å². The van der Waals surface area contributed by atoms with Crippen molar-refractivity contribution in [1.29, 1.82) is 0 Å². The molecule has 0 aliphatic heterocycles. The van der Waals surface area contributed by atoms with Gasteiger partial charge in [-0.3, -0.25) is 0 Å². The first-order chi connectivity index (χ1) is 9.11. The minimum absolute atomic E-state index is 0. The standard InChI is InChI=1S/C14H23FN2O2S.ClH/c1-10(2)8-14(4,9-16)17-20(18,19)13-7-5-6-12(15)11(13)3;/h5-7,10,17H,8-9,16H2,1-4H3;1H. The molecular formula is C14H24ClFN2O2S. The number of nitrogens with one attached hydrogen (secondary N) is 1. The van der Waals surface area contributed by atoms with Gasteiger partial charge in [0, 0.05) is 17.6 Å². The molecule has 0 radical (unpaired) electrons. The fraction of sp³-hybridized carbons (Fsp3) is 0.571. The number of benzene rings is 1. The first kappa shape index (κ1) is 20.3. The molecule has 21 heavy (non-hydrogen) atoms. The molecule has 0 heterocycles. The summed E-state index contributed by atoms with van der Waals surface area (Å²) in [6, 6.07) is 4.02. The van der Waals surface area contributed by atoms with Crippen LogP contribution in [0.4, 0.5) is 4.39 Å². The van der Waals surface area contributed by atoms with E-state index >= 15 is 0 Å². The average Bonchev–Trinajstić information content (AvgIpc) is 2.30. The Balaban J connectivity index is 0.00000400. The van der Waals surface area contributed by atoms with E-state index in [2.05, 4.69) is 4.72 Å². The van der Waals surface area contributed by atoms with E-state index < -0.39 is 21.4 Å². The minimum atomic E-state index is -3.80. The van der Waals surface area contributed by atoms with Crippen LogP contribution in [0.5, 0.6) is 0 Å². The van der Waals surface area contributed by atoms with Gasteiger partial charge in [0.25, 0.3) is 0 Å². The van der Waals surface area contributed by atoms with Gasteiger partial charge in [0.2, 0.25) is 10.0 Å². The van der Waals surface area contributed by atoms with Gasteiger partial charge in [0.1, 0.15) is 5.82 Å². The van der Waals surface area contributed by atoms with E-state index in [4.69, 9.17) is 5.73 Å². The first-order valence-electron chi connectivity index (χ1n) is 6.60. The highest BCUT2D eigenvalue weighted by Crippen LogP contribution is 2.22. The summed E-state index contributed by atoms with van der Waals surface area (Å²) in [7, 11) is -3.80. The lowest BCUT2D eigenvalue weighted by Gasteiger charge is -2.31. The zero-order valence-electron chi connectivity index (χ0n) is 12.8. The topological polar surface area (TPSA) is 72.2 Å². The van der Waals surface area contributed by atoms with Crippen LogP contribution in [0.3, 0.4) is 0 Å². The number of hydrogen-bond donors (Lipinski definition) is 2. The Kier molecular flexibility index (Phi) is 7.29. The Morgan fingerprint density at radius 1 is 1.38 bits per heavy atom. The summed E-state index contributed by atoms with van der Waals surface area (Å²) in [5.41, 5.74) is 5.08. The van der Waals surface area contributed by atoms with Crippen LogP contribution in [0.2, 0.25) is 0 Å². The average molecular weight is 339 g/mol. The highest BCUT2D eigenvalue weighted by molar-refractivity contribution is 7.89. The monoisotopic (exact) mass is 338 g/mol. The highest BCUT2D eigenvalue weighted by Gasteiger charge is 2.31. The van der Waals surface area contributed by atoms with Crippen molar-refractivity contribution in [1.82, 2.24) is 4.72 Å². The van der Waals surface area contributed by atoms with E-state index in [1.807, 2.05) is 13.8 Å². The molecule has 0 amide bonds. The van der Waals surface area contributed by atoms with Crippen LogP contribution in [0.25, 0.3) is 0 Å². The lowest BCUT2D eigenvalue weighted by molar-refractivity contribution is 0.344. The lowest BCUT2D eigenvalue weighted by atomic mass is 9.92. The Bertz CT molecular complexity index is 578. The van der Waals surface area contributed by atoms with Gasteiger partial charge in [-0.2, -0.15) is 0 Å². The number of halogens is 2. The normalized spacial score (nSPS) is 14.6. The molecule has 1 unspecified atom stereocenters. The van der Waals surface area contributed by atoms with Crippen molar-refractivity contribution in [3.05, 3.63) is 29.6 Å². The summed E-state index contributed by atoms with van der Waals surface area (Å²) in [4.78, 5) is -0.0408. The molecule has 0 aromatic heterocycles. The maximum absolute atomic E-state index is 13.5. The van der Waals surface area contributed by atoms with E-state index in [0.29, 0.717) is 12.3 Å². The molecule has 7 heteroatoms. The summed E-state index contributed by atoms with van der Waals surface area (Å²) in [6.07, 6.45) is 0.608. The molecule has 0 aliphatic carbocycles. The van der Waals surface area contributed by atoms with Crippen LogP contribution >= 0.6 is 12.4 Å². The summed E-state index contributed by atoms with van der Waals surface area (Å²) < 4.78 is 41.0. The maximum atomic E-state index is 13.5. The Morgan fingerprint density at radius 3 is 2.43 bits per heavy atom. The lowest BCUT2D eigenvalue weighted by Crippen LogP contribution is -2.52. The van der Waals surface area contributed by atoms with Gasteiger partial charge in [-0.25, -0.2) is 17.5 Å². The molecule has 0 fully saturated rings. The molecule has 0 spiro atoms. The van der Waals surface area contributed by atoms with Gasteiger partial charge in [0.15, 0.2) is 0 Å². The fourth-order valence-corrected chi connectivity index (χ4v) is 4.01. The van der Waals surface area contributed by atoms with Crippen LogP contribution in [0.1, 0.15) is 32.8 Å². The largest absolute Gasteiger partial charge is 0.329 e. The number of rotatable bonds is 6. The number of sulfonamides is 1. The summed E-state index contributed by atoms with van der Waals surface area (Å²) in [5, 5.41) is 0. The van der Waals surface area contributed by atoms with E-state index in [0.717, 1.165) is 0 Å². The van der Waals surface area contributed by atoms with Crippen LogP contribution < -0.4 is 10.5 Å². The van der Waals surface area contributed by atoms with Crippen molar-refractivity contribution in [2.45, 2.75) is 44.6 Å². The SMILES string of the molecule is Cc1c(F)cccc1S(=O)(=O)NC(C)(CN)CC(C)C.Cl. The van der Waals surface area contributed by atoms with Gasteiger partial charge < -0.3 is 5.73 Å². The van der Waals surface area contributed by atoms with Crippen molar-refractivity contribution < 1.29 is 12.8 Å². The summed E-state index contributed by atoms with van der Waals surface area (Å²) in [5.74, 6) is -0.244. The van der Waals surface area contributed by atoms with Crippen molar-refractivity contribution in [2.24, 2.45) is 11.7 Å². The van der Waals surface area contributed by atoms with Gasteiger partial charge in [-0.05, 0) is 38.3 Å². The first-order valence-corrected chi connectivity index (χ1v) is 8.09. The van der Waals surface area contributed by atoms with Gasteiger partial charge in [-0.15, -0.1) is 12.4 Å². The van der Waals surface area contributed by atoms with Gasteiger partial charge in [0.05, 0.1) is 4.90 Å². The smallest absolute Gasteiger partial charge is 0.241 e. The maximum Gasteiger partial charge on any atom is 0.241 e. The van der Waals surface area contributed by atoms with Gasteiger partial charge in [-0.1, -0.05) is 19.9 Å². The number of nitrogens with two attached hydrogens (primary N) is 1. The highest BCUT2D eigenvalue weighted by atomic mass is 35.5. The molecule has 4 nitrogen and oxygen atoms in total. The molecule has 0 bridgehead atoms. The molecule has 1 atom stereocenters. The second kappa shape index (κ2) is 7.54. The Hall–Kier alpha value is -0.690. The van der Waals surface area contributed by atoms with Crippen LogP contribution in [0.15, 0.2) is 23.1 Å². The predicted octanol–water partition coefficient (Wildman–Crippen LogP) is 2.60. The number of hydrogen-bond acceptors (Lipinski definition) is 3. The summed E-state index contributed by atoms with van der Waals surface area (Å²) >= 11 is 0. The van der Waals surface area contributed by atoms with E-state index in [-0.39, 0.29) is 29.4 Å². The van der Waals surface area contributed by atoms with Gasteiger partial charge >= 0.3 is 0 Å². The molecule has 3 N–H and O–H groups in total. The third-order valence-corrected chi connectivity index (χ3v) is 4.98. The van der Waals surface area contributed by atoms with Crippen molar-refractivity contribution in [2.75, 3.05) is 6.54 Å². The predicted molar refractivity (Wildman–Crippen MR) is 85.6 cm³/mol. The van der Waals surface area contributed by atoms with E-state index in [9.17, 15) is 12.8 Å². The molecule has 0 saturated carbocycles. The zero-order valence-corrected chi connectivity index (χ0v) is 14.4. The third-order valence-electron chi connectivity index (χ3n) is 3.20. The molecule has 1 aromatic rings. The molecule has 1 rings (SSSR count). The van der Waals surface area contributed by atoms with E-state index in [1.165, 1.54) is 25.1 Å². The Morgan fingerprint density at radius 2 is 1.95 bits per heavy atom. The fourth-order valence-electron chi connectivity index (χ4n) is 2.33. The van der Waals surface area contributed by atoms with Crippen molar-refractivity contribution in [3.8, 4) is 0 Å². The Labute approximate surface area is 132 Å². The molecule has 1 aromatic carbocycles. The molecule has 122 valence electrons. The second-order valence-electron chi connectivity index (χ2n) is 5.83. The molecule has 0 aliphatic rings. The minimum Gasteiger partial charge on any atom is -0.329 e. The molecule has 0 saturated heterocycles. The van der Waals surface area contributed by atoms with Crippen LogP contribution in [-0.4, -0.2) is 20.5 Å². The molecular weight excluding hydrogens is 315 g/mol. The van der Waals surface area contributed by atoms with Crippen molar-refractivity contribution >= 4 is 22.4 Å². The quantitative estimate of drug-likeness (QED) is 0.837. The van der Waals surface area contributed by atoms with Crippen LogP contribution in [-0.2, 0) is 10.0 Å². The summed E-state index contributed by atoms with van der Waals surface area (Å²) in [6.45, 7) is 7.38. The third kappa shape index (κ3) is 5.21. The van der Waals surface area contributed by atoms with Crippen LogP contribution in [0, 0.1) is 18.7 Å². The van der Waals surface area contributed by atoms with E-state index in [1.54, 1.807) is 6.92 Å². The zero-order chi connectivity index (χ0) is 15.6. The second-order valence-corrected chi connectivity index (χ2v) is 7.48.